The Kier molecular flexibility index (Phi) is 3.31. The van der Waals surface area contributed by atoms with Gasteiger partial charge >= 0.3 is 0 Å². The Morgan fingerprint density at radius 1 is 1.47 bits per heavy atom. The highest BCUT2D eigenvalue weighted by Crippen LogP contribution is 2.29. The van der Waals surface area contributed by atoms with Crippen LogP contribution in [-0.2, 0) is 0 Å². The smallest absolute Gasteiger partial charge is 0.225 e. The predicted octanol–water partition coefficient (Wildman–Crippen LogP) is 2.51. The minimum Gasteiger partial charge on any atom is -0.475 e. The van der Waals surface area contributed by atoms with Crippen LogP contribution >= 0.6 is 11.3 Å². The van der Waals surface area contributed by atoms with Crippen LogP contribution in [0.25, 0.3) is 10.2 Å². The highest BCUT2D eigenvalue weighted by molar-refractivity contribution is 7.18. The van der Waals surface area contributed by atoms with Gasteiger partial charge in [0.1, 0.15) is 17.8 Å². The number of fused-ring (bicyclic) bond motifs is 1. The minimum atomic E-state index is -0.317. The fraction of sp³-hybridized carbons (Fsp3) is 0.500. The fourth-order valence-electron chi connectivity index (χ4n) is 1.40. The van der Waals surface area contributed by atoms with Crippen LogP contribution in [0.2, 0.25) is 0 Å². The first-order valence-electron chi connectivity index (χ1n) is 5.64. The zero-order valence-electron chi connectivity index (χ0n) is 10.4. The summed E-state index contributed by atoms with van der Waals surface area (Å²) in [7, 11) is 0. The average molecular weight is 251 g/mol. The molecule has 4 nitrogen and oxygen atoms in total. The summed E-state index contributed by atoms with van der Waals surface area (Å²) in [5.74, 6) is 0.629. The Labute approximate surface area is 105 Å². The van der Waals surface area contributed by atoms with Crippen LogP contribution in [0.15, 0.2) is 12.4 Å². The predicted molar refractivity (Wildman–Crippen MR) is 70.5 cm³/mol. The maximum atomic E-state index is 6.05. The topological polar surface area (TPSA) is 61.0 Å². The number of hydrogen-bond donors (Lipinski definition) is 1. The molecule has 17 heavy (non-hydrogen) atoms. The Balaban J connectivity index is 2.24. The van der Waals surface area contributed by atoms with Gasteiger partial charge in [0.25, 0.3) is 0 Å². The van der Waals surface area contributed by atoms with Crippen LogP contribution in [0, 0.1) is 6.92 Å². The third-order valence-electron chi connectivity index (χ3n) is 2.76. The van der Waals surface area contributed by atoms with Crippen LogP contribution in [-0.4, -0.2) is 22.1 Å². The first kappa shape index (κ1) is 12.3. The van der Waals surface area contributed by atoms with Crippen molar-refractivity contribution in [2.75, 3.05) is 6.61 Å². The second-order valence-corrected chi connectivity index (χ2v) is 5.79. The van der Waals surface area contributed by atoms with E-state index in [0.717, 1.165) is 16.6 Å². The summed E-state index contributed by atoms with van der Waals surface area (Å²) >= 11 is 1.64. The Morgan fingerprint density at radius 3 is 2.94 bits per heavy atom. The average Bonchev–Trinajstić information content (AvgIpc) is 2.67. The highest BCUT2D eigenvalue weighted by atomic mass is 32.1. The molecule has 2 aromatic heterocycles. The van der Waals surface area contributed by atoms with Crippen molar-refractivity contribution in [2.45, 2.75) is 32.7 Å². The van der Waals surface area contributed by atoms with Crippen molar-refractivity contribution < 1.29 is 4.74 Å². The molecule has 0 bridgehead atoms. The number of hydrogen-bond acceptors (Lipinski definition) is 5. The number of aromatic nitrogens is 2. The van der Waals surface area contributed by atoms with Crippen LogP contribution in [0.5, 0.6) is 5.88 Å². The quantitative estimate of drug-likeness (QED) is 0.907. The molecular weight excluding hydrogens is 234 g/mol. The number of thiophene rings is 1. The van der Waals surface area contributed by atoms with E-state index in [9.17, 15) is 0 Å². The van der Waals surface area contributed by atoms with Gasteiger partial charge in [-0.15, -0.1) is 11.3 Å². The molecule has 0 saturated heterocycles. The number of aryl methyl sites for hydroxylation is 1. The first-order valence-corrected chi connectivity index (χ1v) is 6.46. The SMILES string of the molecule is CCC(C)(N)COc1ncnc2sc(C)cc12. The highest BCUT2D eigenvalue weighted by Gasteiger charge is 2.18. The van der Waals surface area contributed by atoms with E-state index >= 15 is 0 Å². The van der Waals surface area contributed by atoms with E-state index in [-0.39, 0.29) is 5.54 Å². The standard InChI is InChI=1S/C12H17N3OS/c1-4-12(3,13)6-16-10-9-5-8(2)17-11(9)15-7-14-10/h5,7H,4,6,13H2,1-3H3. The largest absolute Gasteiger partial charge is 0.475 e. The molecule has 0 spiro atoms. The normalized spacial score (nSPS) is 14.8. The van der Waals surface area contributed by atoms with Gasteiger partial charge < -0.3 is 10.5 Å². The molecule has 0 radical (unpaired) electrons. The molecule has 92 valence electrons. The van der Waals surface area contributed by atoms with Crippen molar-refractivity contribution in [2.24, 2.45) is 5.73 Å². The summed E-state index contributed by atoms with van der Waals surface area (Å²) in [6, 6.07) is 2.05. The molecule has 2 N–H and O–H groups in total. The molecule has 1 unspecified atom stereocenters. The van der Waals surface area contributed by atoms with Gasteiger partial charge in [0.2, 0.25) is 5.88 Å². The Hall–Kier alpha value is -1.20. The summed E-state index contributed by atoms with van der Waals surface area (Å²) in [5, 5.41) is 0.974. The molecule has 2 rings (SSSR count). The van der Waals surface area contributed by atoms with Crippen LogP contribution in [0.4, 0.5) is 0 Å². The maximum Gasteiger partial charge on any atom is 0.225 e. The van der Waals surface area contributed by atoms with Crippen LogP contribution in [0.1, 0.15) is 25.1 Å². The lowest BCUT2D eigenvalue weighted by atomic mass is 10.0. The third-order valence-corrected chi connectivity index (χ3v) is 3.72. The van der Waals surface area contributed by atoms with Gasteiger partial charge in [-0.3, -0.25) is 0 Å². The molecule has 0 amide bonds. The number of nitrogens with zero attached hydrogens (tertiary/aromatic N) is 2. The van der Waals surface area contributed by atoms with Crippen molar-refractivity contribution >= 4 is 21.6 Å². The second-order valence-electron chi connectivity index (χ2n) is 4.55. The monoisotopic (exact) mass is 251 g/mol. The molecule has 5 heteroatoms. The molecule has 0 aliphatic carbocycles. The van der Waals surface area contributed by atoms with Gasteiger partial charge in [-0.25, -0.2) is 9.97 Å². The molecular formula is C12H17N3OS. The lowest BCUT2D eigenvalue weighted by Crippen LogP contribution is -2.41. The van der Waals surface area contributed by atoms with E-state index in [2.05, 4.69) is 23.0 Å². The van der Waals surface area contributed by atoms with E-state index in [1.165, 1.54) is 11.2 Å². The maximum absolute atomic E-state index is 6.05. The van der Waals surface area contributed by atoms with E-state index < -0.39 is 0 Å². The van der Waals surface area contributed by atoms with Crippen molar-refractivity contribution in [3.8, 4) is 5.88 Å². The van der Waals surface area contributed by atoms with Gasteiger partial charge in [-0.2, -0.15) is 0 Å². The van der Waals surface area contributed by atoms with E-state index in [1.807, 2.05) is 13.8 Å². The van der Waals surface area contributed by atoms with Crippen molar-refractivity contribution in [1.29, 1.82) is 0 Å². The van der Waals surface area contributed by atoms with Gasteiger partial charge in [0.05, 0.1) is 5.39 Å². The van der Waals surface area contributed by atoms with Gasteiger partial charge in [-0.1, -0.05) is 6.92 Å². The van der Waals surface area contributed by atoms with Crippen LogP contribution in [0.3, 0.4) is 0 Å². The Morgan fingerprint density at radius 2 is 2.24 bits per heavy atom. The molecule has 2 heterocycles. The summed E-state index contributed by atoms with van der Waals surface area (Å²) in [6.07, 6.45) is 2.40. The molecule has 0 aliphatic heterocycles. The zero-order valence-corrected chi connectivity index (χ0v) is 11.2. The summed E-state index contributed by atoms with van der Waals surface area (Å²) < 4.78 is 5.72. The molecule has 0 fully saturated rings. The zero-order chi connectivity index (χ0) is 12.5. The van der Waals surface area contributed by atoms with Crippen molar-refractivity contribution in [3.05, 3.63) is 17.3 Å². The van der Waals surface area contributed by atoms with Crippen molar-refractivity contribution in [3.63, 3.8) is 0 Å². The molecule has 0 aromatic carbocycles. The van der Waals surface area contributed by atoms with Gasteiger partial charge in [0.15, 0.2) is 0 Å². The third kappa shape index (κ3) is 2.73. The summed E-state index contributed by atoms with van der Waals surface area (Å²) in [5.41, 5.74) is 5.73. The number of ether oxygens (including phenoxy) is 1. The number of nitrogens with two attached hydrogens (primary N) is 1. The first-order chi connectivity index (χ1) is 8.02. The summed E-state index contributed by atoms with van der Waals surface area (Å²) in [4.78, 5) is 10.6. The lowest BCUT2D eigenvalue weighted by molar-refractivity contribution is 0.221. The lowest BCUT2D eigenvalue weighted by Gasteiger charge is -2.22. The fourth-order valence-corrected chi connectivity index (χ4v) is 2.24. The molecule has 2 aromatic rings. The molecule has 1 atom stereocenters. The van der Waals surface area contributed by atoms with Gasteiger partial charge in [0, 0.05) is 10.4 Å². The second kappa shape index (κ2) is 4.58. The molecule has 0 aliphatic rings. The van der Waals surface area contributed by atoms with E-state index in [1.54, 1.807) is 11.3 Å². The van der Waals surface area contributed by atoms with E-state index in [4.69, 9.17) is 10.5 Å². The van der Waals surface area contributed by atoms with Crippen molar-refractivity contribution in [1.82, 2.24) is 9.97 Å². The van der Waals surface area contributed by atoms with E-state index in [0.29, 0.717) is 12.5 Å². The minimum absolute atomic E-state index is 0.317. The summed E-state index contributed by atoms with van der Waals surface area (Å²) in [6.45, 7) is 6.54. The Bertz CT molecular complexity index is 521. The van der Waals surface area contributed by atoms with Gasteiger partial charge in [-0.05, 0) is 26.3 Å². The number of rotatable bonds is 4. The van der Waals surface area contributed by atoms with Crippen LogP contribution < -0.4 is 10.5 Å². The molecule has 0 saturated carbocycles.